The topological polar surface area (TPSA) is 80.5 Å². The van der Waals surface area contributed by atoms with Crippen molar-refractivity contribution in [2.45, 2.75) is 32.6 Å². The Balaban J connectivity index is 1.20. The number of morpholine rings is 1. The third kappa shape index (κ3) is 4.84. The monoisotopic (exact) mass is 434 g/mol. The Morgan fingerprint density at radius 2 is 1.88 bits per heavy atom. The molecular weight excluding hydrogens is 404 g/mol. The van der Waals surface area contributed by atoms with Crippen LogP contribution >= 0.6 is 0 Å². The zero-order valence-electron chi connectivity index (χ0n) is 18.5. The molecule has 7 heteroatoms. The van der Waals surface area contributed by atoms with Crippen molar-refractivity contribution in [1.82, 2.24) is 14.9 Å². The third-order valence-corrected chi connectivity index (χ3v) is 6.72. The van der Waals surface area contributed by atoms with Crippen molar-refractivity contribution < 1.29 is 13.9 Å². The number of nitrogens with zero attached hydrogens (tertiary/aromatic N) is 3. The largest absolute Gasteiger partial charge is 0.441 e. The number of benzene rings is 1. The summed E-state index contributed by atoms with van der Waals surface area (Å²) < 4.78 is 11.1. The number of aromatic nitrogens is 2. The maximum atomic E-state index is 12.9. The normalized spacial score (nSPS) is 22.2. The van der Waals surface area contributed by atoms with E-state index in [0.717, 1.165) is 80.6 Å². The molecule has 0 spiro atoms. The summed E-state index contributed by atoms with van der Waals surface area (Å²) in [4.78, 5) is 24.0. The second-order valence-corrected chi connectivity index (χ2v) is 8.99. The highest BCUT2D eigenvalue weighted by atomic mass is 16.5. The fourth-order valence-electron chi connectivity index (χ4n) is 4.84. The Labute approximate surface area is 188 Å². The molecule has 3 aromatic rings. The maximum absolute atomic E-state index is 12.9. The number of hydrogen-bond acceptors (Lipinski definition) is 6. The summed E-state index contributed by atoms with van der Waals surface area (Å²) >= 11 is 0. The van der Waals surface area contributed by atoms with Crippen molar-refractivity contribution in [2.75, 3.05) is 38.2 Å². The van der Waals surface area contributed by atoms with E-state index in [-0.39, 0.29) is 11.8 Å². The van der Waals surface area contributed by atoms with Gasteiger partial charge in [0.1, 0.15) is 5.82 Å². The van der Waals surface area contributed by atoms with Crippen LogP contribution in [0.2, 0.25) is 0 Å². The van der Waals surface area contributed by atoms with E-state index in [2.05, 4.69) is 20.2 Å². The van der Waals surface area contributed by atoms with Crippen LogP contribution in [0.3, 0.4) is 0 Å². The average molecular weight is 435 g/mol. The molecule has 5 rings (SSSR count). The second-order valence-electron chi connectivity index (χ2n) is 8.99. The van der Waals surface area contributed by atoms with Gasteiger partial charge in [0.2, 0.25) is 5.91 Å². The first-order chi connectivity index (χ1) is 15.6. The van der Waals surface area contributed by atoms with Crippen LogP contribution in [0.4, 0.5) is 5.82 Å². The van der Waals surface area contributed by atoms with Gasteiger partial charge in [0.05, 0.1) is 19.4 Å². The van der Waals surface area contributed by atoms with Crippen molar-refractivity contribution in [2.24, 2.45) is 11.8 Å². The van der Waals surface area contributed by atoms with Gasteiger partial charge in [-0.3, -0.25) is 9.69 Å². The molecule has 0 bridgehead atoms. The van der Waals surface area contributed by atoms with Gasteiger partial charge in [-0.2, -0.15) is 0 Å². The standard InChI is InChI=1S/C25H30N4O3/c1-17-26-15-23(32-17)20-6-7-21-14-27-24(13-22(21)12-20)28-25(30)19-4-2-18(3-5-19)16-29-8-10-31-11-9-29/h6-7,12-15,18-19H,2-5,8-11,16H2,1H3,(H,27,28,30). The summed E-state index contributed by atoms with van der Waals surface area (Å²) in [6, 6.07) is 7.99. The lowest BCUT2D eigenvalue weighted by Gasteiger charge is -2.34. The molecule has 1 aliphatic carbocycles. The quantitative estimate of drug-likeness (QED) is 0.646. The van der Waals surface area contributed by atoms with Crippen LogP contribution in [0, 0.1) is 18.8 Å². The van der Waals surface area contributed by atoms with Gasteiger partial charge in [0, 0.05) is 49.6 Å². The molecule has 32 heavy (non-hydrogen) atoms. The summed E-state index contributed by atoms with van der Waals surface area (Å²) in [5, 5.41) is 5.08. The number of rotatable bonds is 5. The number of oxazole rings is 1. The Morgan fingerprint density at radius 3 is 2.62 bits per heavy atom. The zero-order valence-corrected chi connectivity index (χ0v) is 18.5. The van der Waals surface area contributed by atoms with Gasteiger partial charge < -0.3 is 14.5 Å². The van der Waals surface area contributed by atoms with Gasteiger partial charge in [-0.1, -0.05) is 12.1 Å². The molecule has 1 aromatic carbocycles. The van der Waals surface area contributed by atoms with Crippen molar-refractivity contribution >= 4 is 22.5 Å². The van der Waals surface area contributed by atoms with Gasteiger partial charge in [0.15, 0.2) is 11.7 Å². The van der Waals surface area contributed by atoms with Crippen LogP contribution < -0.4 is 5.32 Å². The first-order valence-corrected chi connectivity index (χ1v) is 11.6. The Kier molecular flexibility index (Phi) is 6.19. The molecule has 1 amide bonds. The molecule has 1 N–H and O–H groups in total. The predicted molar refractivity (Wildman–Crippen MR) is 123 cm³/mol. The van der Waals surface area contributed by atoms with Gasteiger partial charge in [0.25, 0.3) is 0 Å². The van der Waals surface area contributed by atoms with Crippen LogP contribution in [0.1, 0.15) is 31.6 Å². The molecule has 1 saturated carbocycles. The minimum Gasteiger partial charge on any atom is -0.441 e. The molecular formula is C25H30N4O3. The Hall–Kier alpha value is -2.77. The number of carbonyl (C=O) groups is 1. The highest BCUT2D eigenvalue weighted by Crippen LogP contribution is 2.31. The van der Waals surface area contributed by atoms with E-state index >= 15 is 0 Å². The van der Waals surface area contributed by atoms with E-state index < -0.39 is 0 Å². The first kappa shape index (κ1) is 21.1. The number of carbonyl (C=O) groups excluding carboxylic acids is 1. The SMILES string of the molecule is Cc1ncc(-c2ccc3cnc(NC(=O)C4CCC(CN5CCOCC5)CC4)cc3c2)o1. The first-order valence-electron chi connectivity index (χ1n) is 11.6. The van der Waals surface area contributed by atoms with Crippen LogP contribution in [0.25, 0.3) is 22.1 Å². The maximum Gasteiger partial charge on any atom is 0.228 e. The van der Waals surface area contributed by atoms with Crippen molar-refractivity contribution in [3.05, 3.63) is 42.5 Å². The van der Waals surface area contributed by atoms with E-state index in [1.54, 1.807) is 12.4 Å². The summed E-state index contributed by atoms with van der Waals surface area (Å²) in [5.74, 6) is 2.82. The lowest BCUT2D eigenvalue weighted by molar-refractivity contribution is -0.121. The highest BCUT2D eigenvalue weighted by molar-refractivity contribution is 5.94. The lowest BCUT2D eigenvalue weighted by Crippen LogP contribution is -2.40. The third-order valence-electron chi connectivity index (χ3n) is 6.72. The molecule has 1 saturated heterocycles. The number of hydrogen-bond donors (Lipinski definition) is 1. The second kappa shape index (κ2) is 9.38. The fourth-order valence-corrected chi connectivity index (χ4v) is 4.84. The number of aryl methyl sites for hydroxylation is 1. The van der Waals surface area contributed by atoms with Crippen molar-refractivity contribution in [3.63, 3.8) is 0 Å². The van der Waals surface area contributed by atoms with E-state index in [4.69, 9.17) is 9.15 Å². The number of anilines is 1. The van der Waals surface area contributed by atoms with Gasteiger partial charge in [-0.15, -0.1) is 0 Å². The predicted octanol–water partition coefficient (Wildman–Crippen LogP) is 4.28. The van der Waals surface area contributed by atoms with E-state index in [0.29, 0.717) is 17.6 Å². The molecule has 3 heterocycles. The van der Waals surface area contributed by atoms with Crippen molar-refractivity contribution in [1.29, 1.82) is 0 Å². The number of ether oxygens (including phenoxy) is 1. The molecule has 2 fully saturated rings. The lowest BCUT2D eigenvalue weighted by atomic mass is 9.81. The van der Waals surface area contributed by atoms with Crippen LogP contribution in [-0.4, -0.2) is 53.6 Å². The van der Waals surface area contributed by atoms with E-state index in [9.17, 15) is 4.79 Å². The number of fused-ring (bicyclic) bond motifs is 1. The zero-order chi connectivity index (χ0) is 21.9. The smallest absolute Gasteiger partial charge is 0.228 e. The number of amides is 1. The summed E-state index contributed by atoms with van der Waals surface area (Å²) in [5.41, 5.74) is 0.958. The fraction of sp³-hybridized carbons (Fsp3) is 0.480. The molecule has 0 unspecified atom stereocenters. The molecule has 0 atom stereocenters. The highest BCUT2D eigenvalue weighted by Gasteiger charge is 2.28. The summed E-state index contributed by atoms with van der Waals surface area (Å²) in [6.45, 7) is 6.72. The van der Waals surface area contributed by atoms with Crippen LogP contribution in [-0.2, 0) is 9.53 Å². The van der Waals surface area contributed by atoms with E-state index in [1.165, 1.54) is 0 Å². The molecule has 0 radical (unpaired) electrons. The van der Waals surface area contributed by atoms with Crippen molar-refractivity contribution in [3.8, 4) is 11.3 Å². The molecule has 1 aliphatic heterocycles. The summed E-state index contributed by atoms with van der Waals surface area (Å²) in [7, 11) is 0. The molecule has 7 nitrogen and oxygen atoms in total. The van der Waals surface area contributed by atoms with E-state index in [1.807, 2.05) is 31.2 Å². The minimum absolute atomic E-state index is 0.0666. The number of nitrogens with one attached hydrogen (secondary N) is 1. The molecule has 2 aromatic heterocycles. The van der Waals surface area contributed by atoms with Gasteiger partial charge in [-0.25, -0.2) is 9.97 Å². The number of pyridine rings is 1. The molecule has 2 aliphatic rings. The summed E-state index contributed by atoms with van der Waals surface area (Å²) in [6.07, 6.45) is 7.66. The minimum atomic E-state index is 0.0666. The Bertz CT molecular complexity index is 1080. The van der Waals surface area contributed by atoms with Gasteiger partial charge in [-0.05, 0) is 49.1 Å². The molecule has 168 valence electrons. The van der Waals surface area contributed by atoms with Gasteiger partial charge >= 0.3 is 0 Å². The van der Waals surface area contributed by atoms with Crippen LogP contribution in [0.5, 0.6) is 0 Å². The van der Waals surface area contributed by atoms with Crippen LogP contribution in [0.15, 0.2) is 41.1 Å². The average Bonchev–Trinajstić information content (AvgIpc) is 3.26. The Morgan fingerprint density at radius 1 is 1.06 bits per heavy atom.